The predicted molar refractivity (Wildman–Crippen MR) is 76.8 cm³/mol. The Bertz CT molecular complexity index is 416. The number of nitrogen functional groups attached to an aromatic ring is 1. The molecule has 0 radical (unpaired) electrons. The molecular formula is C14H23N3O. The monoisotopic (exact) mass is 249 g/mol. The van der Waals surface area contributed by atoms with Crippen molar-refractivity contribution in [3.8, 4) is 0 Å². The Morgan fingerprint density at radius 1 is 1.33 bits per heavy atom. The van der Waals surface area contributed by atoms with Crippen LogP contribution in [0.5, 0.6) is 0 Å². The Hall–Kier alpha value is -1.71. The van der Waals surface area contributed by atoms with Crippen LogP contribution < -0.4 is 16.4 Å². The molecule has 0 saturated carbocycles. The molecular weight excluding hydrogens is 226 g/mol. The van der Waals surface area contributed by atoms with Gasteiger partial charge in [-0.15, -0.1) is 0 Å². The maximum atomic E-state index is 11.7. The molecule has 1 unspecified atom stereocenters. The molecule has 0 spiro atoms. The minimum absolute atomic E-state index is 0.0901. The zero-order valence-electron chi connectivity index (χ0n) is 11.6. The van der Waals surface area contributed by atoms with Crippen molar-refractivity contribution in [3.05, 3.63) is 23.8 Å². The van der Waals surface area contributed by atoms with Crippen LogP contribution in [0.4, 0.5) is 11.4 Å². The van der Waals surface area contributed by atoms with Crippen LogP contribution >= 0.6 is 0 Å². The summed E-state index contributed by atoms with van der Waals surface area (Å²) in [5.41, 5.74) is 8.04. The van der Waals surface area contributed by atoms with Gasteiger partial charge in [0.1, 0.15) is 0 Å². The molecule has 100 valence electrons. The summed E-state index contributed by atoms with van der Waals surface area (Å²) in [4.78, 5) is 11.7. The Kier molecular flexibility index (Phi) is 5.01. The lowest BCUT2D eigenvalue weighted by Gasteiger charge is -2.20. The third-order valence-electron chi connectivity index (χ3n) is 3.03. The zero-order chi connectivity index (χ0) is 13.7. The topological polar surface area (TPSA) is 67.2 Å². The highest BCUT2D eigenvalue weighted by atomic mass is 16.1. The highest BCUT2D eigenvalue weighted by Gasteiger charge is 2.10. The van der Waals surface area contributed by atoms with Gasteiger partial charge in [0.2, 0.25) is 0 Å². The third kappa shape index (κ3) is 3.65. The lowest BCUT2D eigenvalue weighted by molar-refractivity contribution is 0.0956. The van der Waals surface area contributed by atoms with E-state index in [0.29, 0.717) is 29.8 Å². The molecule has 0 heterocycles. The van der Waals surface area contributed by atoms with E-state index in [1.807, 2.05) is 13.0 Å². The molecule has 1 aromatic carbocycles. The Morgan fingerprint density at radius 2 is 2.00 bits per heavy atom. The number of nitrogens with two attached hydrogens (primary N) is 1. The molecule has 4 nitrogen and oxygen atoms in total. The zero-order valence-corrected chi connectivity index (χ0v) is 11.6. The van der Waals surface area contributed by atoms with Crippen molar-refractivity contribution < 1.29 is 4.79 Å². The minimum Gasteiger partial charge on any atom is -0.397 e. The van der Waals surface area contributed by atoms with Gasteiger partial charge >= 0.3 is 0 Å². The number of benzene rings is 1. The van der Waals surface area contributed by atoms with E-state index in [-0.39, 0.29) is 5.91 Å². The molecule has 0 aliphatic heterocycles. The van der Waals surface area contributed by atoms with Crippen molar-refractivity contribution in [3.63, 3.8) is 0 Å². The molecule has 4 N–H and O–H groups in total. The normalized spacial score (nSPS) is 12.3. The summed E-state index contributed by atoms with van der Waals surface area (Å²) in [6.45, 7) is 8.92. The first-order valence-electron chi connectivity index (χ1n) is 6.40. The number of hydrogen-bond donors (Lipinski definition) is 3. The fourth-order valence-electron chi connectivity index (χ4n) is 1.51. The standard InChI is InChI=1S/C14H23N3O/c1-5-16-14(18)11-6-7-13(12(15)8-11)17-10(4)9(2)3/h6-10,17H,5,15H2,1-4H3,(H,16,18). The molecule has 4 heteroatoms. The summed E-state index contributed by atoms with van der Waals surface area (Å²) in [5.74, 6) is 0.431. The maximum absolute atomic E-state index is 11.7. The number of nitrogens with one attached hydrogen (secondary N) is 2. The molecule has 1 amide bonds. The number of hydrogen-bond acceptors (Lipinski definition) is 3. The van der Waals surface area contributed by atoms with Crippen LogP contribution in [-0.2, 0) is 0 Å². The van der Waals surface area contributed by atoms with E-state index < -0.39 is 0 Å². The van der Waals surface area contributed by atoms with E-state index in [0.717, 1.165) is 5.69 Å². The molecule has 18 heavy (non-hydrogen) atoms. The molecule has 0 bridgehead atoms. The number of rotatable bonds is 5. The van der Waals surface area contributed by atoms with Gasteiger partial charge in [-0.3, -0.25) is 4.79 Å². The summed E-state index contributed by atoms with van der Waals surface area (Å²) in [7, 11) is 0. The number of anilines is 2. The van der Waals surface area contributed by atoms with Crippen LogP contribution in [0.3, 0.4) is 0 Å². The fourth-order valence-corrected chi connectivity index (χ4v) is 1.51. The van der Waals surface area contributed by atoms with E-state index in [1.54, 1.807) is 12.1 Å². The van der Waals surface area contributed by atoms with Gasteiger partial charge in [-0.05, 0) is 38.0 Å². The molecule has 1 rings (SSSR count). The highest BCUT2D eigenvalue weighted by Crippen LogP contribution is 2.22. The first-order valence-corrected chi connectivity index (χ1v) is 6.40. The van der Waals surface area contributed by atoms with Gasteiger partial charge in [-0.2, -0.15) is 0 Å². The second-order valence-corrected chi connectivity index (χ2v) is 4.84. The molecule has 1 aromatic rings. The number of carbonyl (C=O) groups is 1. The molecule has 0 aromatic heterocycles. The van der Waals surface area contributed by atoms with Gasteiger partial charge in [0.05, 0.1) is 11.4 Å². The molecule has 1 atom stereocenters. The first-order chi connectivity index (χ1) is 8.45. The smallest absolute Gasteiger partial charge is 0.251 e. The van der Waals surface area contributed by atoms with E-state index >= 15 is 0 Å². The second-order valence-electron chi connectivity index (χ2n) is 4.84. The molecule has 0 fully saturated rings. The first kappa shape index (κ1) is 14.4. The van der Waals surface area contributed by atoms with Crippen LogP contribution in [0.25, 0.3) is 0 Å². The predicted octanol–water partition coefficient (Wildman–Crippen LogP) is 2.47. The molecule has 0 aliphatic carbocycles. The van der Waals surface area contributed by atoms with Crippen molar-refractivity contribution in [1.29, 1.82) is 0 Å². The minimum atomic E-state index is -0.0901. The second kappa shape index (κ2) is 6.28. The van der Waals surface area contributed by atoms with Crippen LogP contribution in [0.2, 0.25) is 0 Å². The van der Waals surface area contributed by atoms with Crippen molar-refractivity contribution in [2.24, 2.45) is 5.92 Å². The van der Waals surface area contributed by atoms with Gasteiger partial charge < -0.3 is 16.4 Å². The maximum Gasteiger partial charge on any atom is 0.251 e. The van der Waals surface area contributed by atoms with Crippen molar-refractivity contribution in [2.45, 2.75) is 33.7 Å². The van der Waals surface area contributed by atoms with Crippen molar-refractivity contribution in [2.75, 3.05) is 17.6 Å². The quantitative estimate of drug-likeness (QED) is 0.702. The van der Waals surface area contributed by atoms with Crippen LogP contribution in [-0.4, -0.2) is 18.5 Å². The lowest BCUT2D eigenvalue weighted by Crippen LogP contribution is -2.24. The van der Waals surface area contributed by atoms with E-state index in [1.165, 1.54) is 0 Å². The lowest BCUT2D eigenvalue weighted by atomic mass is 10.1. The Balaban J connectivity index is 2.83. The average molecular weight is 249 g/mol. The largest absolute Gasteiger partial charge is 0.397 e. The number of carbonyl (C=O) groups excluding carboxylic acids is 1. The van der Waals surface area contributed by atoms with Crippen LogP contribution in [0, 0.1) is 5.92 Å². The molecule has 0 saturated heterocycles. The third-order valence-corrected chi connectivity index (χ3v) is 3.03. The van der Waals surface area contributed by atoms with Gasteiger partial charge in [-0.1, -0.05) is 13.8 Å². The fraction of sp³-hybridized carbons (Fsp3) is 0.500. The van der Waals surface area contributed by atoms with Crippen LogP contribution in [0.15, 0.2) is 18.2 Å². The summed E-state index contributed by atoms with van der Waals surface area (Å²) in [6, 6.07) is 5.69. The SMILES string of the molecule is CCNC(=O)c1ccc(NC(C)C(C)C)c(N)c1. The summed E-state index contributed by atoms with van der Waals surface area (Å²) < 4.78 is 0. The van der Waals surface area contributed by atoms with Crippen molar-refractivity contribution in [1.82, 2.24) is 5.32 Å². The summed E-state index contributed by atoms with van der Waals surface area (Å²) in [5, 5.41) is 6.10. The highest BCUT2D eigenvalue weighted by molar-refractivity contribution is 5.96. The number of amides is 1. The average Bonchev–Trinajstić information content (AvgIpc) is 2.31. The molecule has 0 aliphatic rings. The Morgan fingerprint density at radius 3 is 2.50 bits per heavy atom. The van der Waals surface area contributed by atoms with Gasteiger partial charge in [0.15, 0.2) is 0 Å². The van der Waals surface area contributed by atoms with E-state index in [4.69, 9.17) is 5.73 Å². The van der Waals surface area contributed by atoms with Gasteiger partial charge in [-0.25, -0.2) is 0 Å². The van der Waals surface area contributed by atoms with Gasteiger partial charge in [0, 0.05) is 18.2 Å². The van der Waals surface area contributed by atoms with Crippen molar-refractivity contribution >= 4 is 17.3 Å². The Labute approximate surface area is 109 Å². The van der Waals surface area contributed by atoms with Crippen LogP contribution in [0.1, 0.15) is 38.1 Å². The summed E-state index contributed by atoms with van der Waals surface area (Å²) >= 11 is 0. The van der Waals surface area contributed by atoms with E-state index in [9.17, 15) is 4.79 Å². The van der Waals surface area contributed by atoms with Gasteiger partial charge in [0.25, 0.3) is 5.91 Å². The summed E-state index contributed by atoms with van der Waals surface area (Å²) in [6.07, 6.45) is 0. The van der Waals surface area contributed by atoms with E-state index in [2.05, 4.69) is 31.4 Å².